The average molecular weight is 435 g/mol. The molecule has 1 N–H and O–H groups in total. The monoisotopic (exact) mass is 434 g/mol. The largest absolute Gasteiger partial charge is 0.463 e. The van der Waals surface area contributed by atoms with E-state index in [-0.39, 0.29) is 18.5 Å². The molecule has 2 aliphatic rings. The van der Waals surface area contributed by atoms with Gasteiger partial charge in [-0.3, -0.25) is 14.6 Å². The van der Waals surface area contributed by atoms with Crippen molar-refractivity contribution in [1.82, 2.24) is 20.0 Å². The SMILES string of the molecule is CCOC(=O)C1=C(CN2CCN(C(=O)CC)CC2)N(CC)C(=O)N[C@@H]1c1ccsc1. The lowest BCUT2D eigenvalue weighted by molar-refractivity contribution is -0.139. The maximum absolute atomic E-state index is 13.0. The number of thiophene rings is 1. The molecule has 2 aliphatic heterocycles. The van der Waals surface area contributed by atoms with Crippen molar-refractivity contribution in [2.24, 2.45) is 0 Å². The van der Waals surface area contributed by atoms with Gasteiger partial charge in [-0.15, -0.1) is 0 Å². The molecule has 1 aromatic rings. The summed E-state index contributed by atoms with van der Waals surface area (Å²) in [5.41, 5.74) is 2.05. The van der Waals surface area contributed by atoms with Gasteiger partial charge in [0, 0.05) is 51.4 Å². The van der Waals surface area contributed by atoms with Gasteiger partial charge in [0.2, 0.25) is 5.91 Å². The molecule has 0 saturated carbocycles. The first-order chi connectivity index (χ1) is 14.5. The Labute approximate surface area is 181 Å². The summed E-state index contributed by atoms with van der Waals surface area (Å²) in [6, 6.07) is 1.18. The molecule has 1 aromatic heterocycles. The molecule has 0 bridgehead atoms. The van der Waals surface area contributed by atoms with E-state index in [1.165, 1.54) is 11.3 Å². The van der Waals surface area contributed by atoms with Crippen LogP contribution in [0.25, 0.3) is 0 Å². The minimum absolute atomic E-state index is 0.158. The Kier molecular flexibility index (Phi) is 7.49. The minimum Gasteiger partial charge on any atom is -0.463 e. The molecule has 0 aliphatic carbocycles. The highest BCUT2D eigenvalue weighted by Crippen LogP contribution is 2.33. The van der Waals surface area contributed by atoms with Crippen molar-refractivity contribution < 1.29 is 19.1 Å². The van der Waals surface area contributed by atoms with Crippen LogP contribution in [0.15, 0.2) is 28.1 Å². The predicted octanol–water partition coefficient (Wildman–Crippen LogP) is 2.21. The van der Waals surface area contributed by atoms with E-state index in [2.05, 4.69) is 10.2 Å². The summed E-state index contributed by atoms with van der Waals surface area (Å²) in [6.45, 7) is 9.44. The van der Waals surface area contributed by atoms with Crippen LogP contribution in [0.2, 0.25) is 0 Å². The van der Waals surface area contributed by atoms with E-state index in [9.17, 15) is 14.4 Å². The number of hydrogen-bond donors (Lipinski definition) is 1. The summed E-state index contributed by atoms with van der Waals surface area (Å²) in [4.78, 5) is 43.5. The molecule has 1 atom stereocenters. The van der Waals surface area contributed by atoms with Crippen molar-refractivity contribution in [3.8, 4) is 0 Å². The number of esters is 1. The van der Waals surface area contributed by atoms with E-state index < -0.39 is 12.0 Å². The Bertz CT molecular complexity index is 800. The zero-order valence-electron chi connectivity index (χ0n) is 17.8. The van der Waals surface area contributed by atoms with Crippen LogP contribution in [0.4, 0.5) is 4.79 Å². The third-order valence-electron chi connectivity index (χ3n) is 5.53. The maximum Gasteiger partial charge on any atom is 0.338 e. The standard InChI is InChI=1S/C21H30N4O4S/c1-4-17(26)24-10-8-23(9-11-24)13-16-18(20(27)29-6-3)19(15-7-12-30-14-15)22-21(28)25(16)5-2/h7,12,14,19H,4-6,8-11,13H2,1-3H3,(H,22,28)/t19-/m1/s1. The highest BCUT2D eigenvalue weighted by atomic mass is 32.1. The first-order valence-corrected chi connectivity index (χ1v) is 11.4. The number of nitrogens with zero attached hydrogens (tertiary/aromatic N) is 3. The lowest BCUT2D eigenvalue weighted by atomic mass is 9.96. The van der Waals surface area contributed by atoms with E-state index in [0.717, 1.165) is 5.56 Å². The molecule has 3 heterocycles. The summed E-state index contributed by atoms with van der Waals surface area (Å²) in [5.74, 6) is -0.243. The molecule has 1 fully saturated rings. The molecule has 3 rings (SSSR count). The highest BCUT2D eigenvalue weighted by Gasteiger charge is 2.38. The number of amides is 3. The van der Waals surface area contributed by atoms with Crippen molar-refractivity contribution in [2.75, 3.05) is 45.9 Å². The fourth-order valence-electron chi connectivity index (χ4n) is 3.94. The van der Waals surface area contributed by atoms with Gasteiger partial charge in [-0.05, 0) is 36.2 Å². The molecule has 9 heteroatoms. The second kappa shape index (κ2) is 10.1. The number of urea groups is 1. The fraction of sp³-hybridized carbons (Fsp3) is 0.571. The molecule has 0 unspecified atom stereocenters. The summed E-state index contributed by atoms with van der Waals surface area (Å²) in [7, 11) is 0. The number of hydrogen-bond acceptors (Lipinski definition) is 6. The van der Waals surface area contributed by atoms with Crippen LogP contribution in [-0.2, 0) is 14.3 Å². The normalized spacial score (nSPS) is 20.4. The van der Waals surface area contributed by atoms with Gasteiger partial charge in [0.15, 0.2) is 0 Å². The summed E-state index contributed by atoms with van der Waals surface area (Å²) in [5, 5.41) is 6.84. The average Bonchev–Trinajstić information content (AvgIpc) is 3.28. The summed E-state index contributed by atoms with van der Waals surface area (Å²) >= 11 is 1.52. The van der Waals surface area contributed by atoms with Gasteiger partial charge in [-0.2, -0.15) is 11.3 Å². The molecule has 3 amide bonds. The van der Waals surface area contributed by atoms with Crippen molar-refractivity contribution >= 4 is 29.2 Å². The van der Waals surface area contributed by atoms with E-state index in [4.69, 9.17) is 4.74 Å². The van der Waals surface area contributed by atoms with Crippen LogP contribution in [0.5, 0.6) is 0 Å². The Hall–Kier alpha value is -2.39. The summed E-state index contributed by atoms with van der Waals surface area (Å²) in [6.07, 6.45) is 0.504. The zero-order valence-corrected chi connectivity index (χ0v) is 18.7. The first kappa shape index (κ1) is 22.3. The molecule has 8 nitrogen and oxygen atoms in total. The van der Waals surface area contributed by atoms with Gasteiger partial charge in [-0.1, -0.05) is 6.92 Å². The van der Waals surface area contributed by atoms with E-state index >= 15 is 0 Å². The number of likely N-dealkylation sites (N-methyl/N-ethyl adjacent to an activating group) is 1. The van der Waals surface area contributed by atoms with Gasteiger partial charge in [-0.25, -0.2) is 9.59 Å². The Balaban J connectivity index is 1.92. The fourth-order valence-corrected chi connectivity index (χ4v) is 4.62. The third-order valence-corrected chi connectivity index (χ3v) is 6.23. The van der Waals surface area contributed by atoms with E-state index in [0.29, 0.717) is 57.0 Å². The van der Waals surface area contributed by atoms with Crippen LogP contribution in [-0.4, -0.2) is 78.5 Å². The van der Waals surface area contributed by atoms with Gasteiger partial charge < -0.3 is 15.0 Å². The van der Waals surface area contributed by atoms with Crippen LogP contribution in [0, 0.1) is 0 Å². The van der Waals surface area contributed by atoms with Gasteiger partial charge >= 0.3 is 12.0 Å². The van der Waals surface area contributed by atoms with Crippen LogP contribution < -0.4 is 5.32 Å². The second-order valence-electron chi connectivity index (χ2n) is 7.27. The third kappa shape index (κ3) is 4.67. The lowest BCUT2D eigenvalue weighted by Gasteiger charge is -2.40. The molecule has 1 saturated heterocycles. The Morgan fingerprint density at radius 2 is 1.93 bits per heavy atom. The quantitative estimate of drug-likeness (QED) is 0.666. The van der Waals surface area contributed by atoms with Crippen molar-refractivity contribution in [3.63, 3.8) is 0 Å². The number of ether oxygens (including phenoxy) is 1. The molecule has 0 aromatic carbocycles. The number of nitrogens with one attached hydrogen (secondary N) is 1. The Morgan fingerprint density at radius 3 is 2.50 bits per heavy atom. The zero-order chi connectivity index (χ0) is 21.7. The van der Waals surface area contributed by atoms with E-state index in [1.54, 1.807) is 11.8 Å². The van der Waals surface area contributed by atoms with Crippen molar-refractivity contribution in [3.05, 3.63) is 33.7 Å². The molecule has 164 valence electrons. The Morgan fingerprint density at radius 1 is 1.20 bits per heavy atom. The number of carbonyl (C=O) groups excluding carboxylic acids is 3. The maximum atomic E-state index is 13.0. The number of piperazine rings is 1. The van der Waals surface area contributed by atoms with Gasteiger partial charge in [0.25, 0.3) is 0 Å². The molecule has 0 spiro atoms. The highest BCUT2D eigenvalue weighted by molar-refractivity contribution is 7.08. The molecular weight excluding hydrogens is 404 g/mol. The predicted molar refractivity (Wildman–Crippen MR) is 115 cm³/mol. The van der Waals surface area contributed by atoms with Crippen molar-refractivity contribution in [2.45, 2.75) is 33.2 Å². The topological polar surface area (TPSA) is 82.2 Å². The molecule has 0 radical (unpaired) electrons. The number of rotatable bonds is 7. The first-order valence-electron chi connectivity index (χ1n) is 10.5. The smallest absolute Gasteiger partial charge is 0.338 e. The molecular formula is C21H30N4O4S. The van der Waals surface area contributed by atoms with Gasteiger partial charge in [0.1, 0.15) is 0 Å². The van der Waals surface area contributed by atoms with Gasteiger partial charge in [0.05, 0.1) is 18.2 Å². The lowest BCUT2D eigenvalue weighted by Crippen LogP contribution is -2.53. The molecule has 30 heavy (non-hydrogen) atoms. The number of carbonyl (C=O) groups is 3. The summed E-state index contributed by atoms with van der Waals surface area (Å²) < 4.78 is 5.38. The van der Waals surface area contributed by atoms with E-state index in [1.807, 2.05) is 35.6 Å². The minimum atomic E-state index is -0.524. The van der Waals surface area contributed by atoms with Crippen LogP contribution in [0.1, 0.15) is 38.8 Å². The van der Waals surface area contributed by atoms with Crippen LogP contribution >= 0.6 is 11.3 Å². The van der Waals surface area contributed by atoms with Crippen molar-refractivity contribution in [1.29, 1.82) is 0 Å². The second-order valence-corrected chi connectivity index (χ2v) is 8.05. The van der Waals surface area contributed by atoms with Crippen LogP contribution in [0.3, 0.4) is 0 Å².